The summed E-state index contributed by atoms with van der Waals surface area (Å²) in [6, 6.07) is 6.16. The van der Waals surface area contributed by atoms with Crippen molar-refractivity contribution in [2.24, 2.45) is 0 Å². The van der Waals surface area contributed by atoms with Crippen LogP contribution >= 0.6 is 0 Å². The van der Waals surface area contributed by atoms with E-state index in [-0.39, 0.29) is 18.6 Å². The first kappa shape index (κ1) is 14.6. The maximum Gasteiger partial charge on any atom is 0.258 e. The van der Waals surface area contributed by atoms with Crippen LogP contribution in [0.4, 0.5) is 0 Å². The Morgan fingerprint density at radius 3 is 2.72 bits per heavy atom. The topological polar surface area (TPSA) is 38.3 Å². The molecule has 1 N–H and O–H groups in total. The van der Waals surface area contributed by atoms with Gasteiger partial charge in [0.2, 0.25) is 0 Å². The molecular formula is C15H23NO2. The van der Waals surface area contributed by atoms with Crippen LogP contribution in [0.25, 0.3) is 0 Å². The quantitative estimate of drug-likeness (QED) is 0.841. The summed E-state index contributed by atoms with van der Waals surface area (Å²) in [7, 11) is 0. The van der Waals surface area contributed by atoms with Gasteiger partial charge in [-0.25, -0.2) is 0 Å². The molecule has 1 atom stereocenters. The second-order valence-corrected chi connectivity index (χ2v) is 4.81. The predicted molar refractivity (Wildman–Crippen MR) is 73.9 cm³/mol. The molecule has 0 saturated heterocycles. The molecule has 0 bridgehead atoms. The Morgan fingerprint density at radius 1 is 1.39 bits per heavy atom. The molecule has 0 aliphatic rings. The van der Waals surface area contributed by atoms with Crippen molar-refractivity contribution in [1.29, 1.82) is 0 Å². The lowest BCUT2D eigenvalue weighted by Crippen LogP contribution is -2.36. The lowest BCUT2D eigenvalue weighted by molar-refractivity contribution is -0.123. The normalized spacial score (nSPS) is 12.0. The van der Waals surface area contributed by atoms with Gasteiger partial charge in [-0.3, -0.25) is 4.79 Å². The maximum absolute atomic E-state index is 11.6. The molecule has 0 radical (unpaired) electrons. The van der Waals surface area contributed by atoms with Gasteiger partial charge in [-0.15, -0.1) is 0 Å². The fourth-order valence-corrected chi connectivity index (χ4v) is 1.93. The third-order valence-electron chi connectivity index (χ3n) is 2.82. The van der Waals surface area contributed by atoms with Crippen molar-refractivity contribution in [2.75, 3.05) is 6.61 Å². The average molecular weight is 249 g/mol. The largest absolute Gasteiger partial charge is 0.484 e. The molecule has 1 rings (SSSR count). The van der Waals surface area contributed by atoms with Crippen LogP contribution in [0.5, 0.6) is 5.75 Å². The highest BCUT2D eigenvalue weighted by atomic mass is 16.5. The van der Waals surface area contributed by atoms with E-state index in [0.717, 1.165) is 24.2 Å². The van der Waals surface area contributed by atoms with E-state index in [4.69, 9.17) is 4.74 Å². The first-order valence-electron chi connectivity index (χ1n) is 6.52. The van der Waals surface area contributed by atoms with Crippen molar-refractivity contribution in [3.8, 4) is 5.75 Å². The van der Waals surface area contributed by atoms with E-state index in [1.54, 1.807) is 0 Å². The summed E-state index contributed by atoms with van der Waals surface area (Å²) in [5.41, 5.74) is 2.25. The first-order chi connectivity index (χ1) is 8.52. The van der Waals surface area contributed by atoms with Gasteiger partial charge in [0.05, 0.1) is 0 Å². The zero-order valence-corrected chi connectivity index (χ0v) is 11.7. The van der Waals surface area contributed by atoms with Crippen LogP contribution in [0.2, 0.25) is 0 Å². The number of carbonyl (C=O) groups is 1. The van der Waals surface area contributed by atoms with Crippen molar-refractivity contribution in [3.63, 3.8) is 0 Å². The Labute approximate surface area is 110 Å². The molecule has 0 saturated carbocycles. The van der Waals surface area contributed by atoms with Crippen molar-refractivity contribution in [2.45, 2.75) is 46.6 Å². The zero-order valence-electron chi connectivity index (χ0n) is 11.7. The van der Waals surface area contributed by atoms with E-state index in [0.29, 0.717) is 0 Å². The summed E-state index contributed by atoms with van der Waals surface area (Å²) in [5, 5.41) is 2.92. The molecule has 1 aromatic rings. The minimum absolute atomic E-state index is 0.0593. The Morgan fingerprint density at radius 2 is 2.11 bits per heavy atom. The summed E-state index contributed by atoms with van der Waals surface area (Å²) in [6.07, 6.45) is 2.06. The SMILES string of the molecule is CCC[C@@H](C)NC(=O)COc1ccc(C)cc1C. The molecule has 0 aliphatic heterocycles. The third-order valence-corrected chi connectivity index (χ3v) is 2.82. The predicted octanol–water partition coefficient (Wildman–Crippen LogP) is 2.99. The molecule has 3 nitrogen and oxygen atoms in total. The zero-order chi connectivity index (χ0) is 13.5. The summed E-state index contributed by atoms with van der Waals surface area (Å²) >= 11 is 0. The van der Waals surface area contributed by atoms with Gasteiger partial charge in [0.15, 0.2) is 6.61 Å². The van der Waals surface area contributed by atoms with Gasteiger partial charge in [-0.1, -0.05) is 31.0 Å². The van der Waals surface area contributed by atoms with Crippen LogP contribution in [-0.4, -0.2) is 18.6 Å². The Kier molecular flexibility index (Phi) is 5.69. The molecule has 0 aromatic heterocycles. The number of rotatable bonds is 6. The van der Waals surface area contributed by atoms with Gasteiger partial charge in [-0.2, -0.15) is 0 Å². The van der Waals surface area contributed by atoms with Crippen molar-refractivity contribution in [1.82, 2.24) is 5.32 Å². The summed E-state index contributed by atoms with van der Waals surface area (Å²) in [4.78, 5) is 11.6. The molecule has 0 unspecified atom stereocenters. The van der Waals surface area contributed by atoms with Gasteiger partial charge < -0.3 is 10.1 Å². The number of carbonyl (C=O) groups excluding carboxylic acids is 1. The van der Waals surface area contributed by atoms with Gasteiger partial charge in [0.1, 0.15) is 5.75 Å². The lowest BCUT2D eigenvalue weighted by Gasteiger charge is -2.14. The van der Waals surface area contributed by atoms with Crippen molar-refractivity contribution in [3.05, 3.63) is 29.3 Å². The Bertz CT molecular complexity index is 401. The van der Waals surface area contributed by atoms with Gasteiger partial charge in [-0.05, 0) is 38.8 Å². The van der Waals surface area contributed by atoms with E-state index >= 15 is 0 Å². The molecule has 18 heavy (non-hydrogen) atoms. The Balaban J connectivity index is 2.42. The van der Waals surface area contributed by atoms with Crippen LogP contribution < -0.4 is 10.1 Å². The monoisotopic (exact) mass is 249 g/mol. The molecule has 0 heterocycles. The number of amides is 1. The van der Waals surface area contributed by atoms with E-state index in [1.165, 1.54) is 5.56 Å². The first-order valence-corrected chi connectivity index (χ1v) is 6.52. The number of hydrogen-bond donors (Lipinski definition) is 1. The molecule has 100 valence electrons. The van der Waals surface area contributed by atoms with Crippen LogP contribution in [-0.2, 0) is 4.79 Å². The molecule has 1 amide bonds. The Hall–Kier alpha value is -1.51. The molecule has 0 spiro atoms. The second-order valence-electron chi connectivity index (χ2n) is 4.81. The molecular weight excluding hydrogens is 226 g/mol. The number of nitrogens with one attached hydrogen (secondary N) is 1. The van der Waals surface area contributed by atoms with Gasteiger partial charge in [0.25, 0.3) is 5.91 Å². The fourth-order valence-electron chi connectivity index (χ4n) is 1.93. The number of aryl methyl sites for hydroxylation is 2. The minimum atomic E-state index is -0.0593. The second kappa shape index (κ2) is 7.04. The van der Waals surface area contributed by atoms with Crippen LogP contribution in [0.1, 0.15) is 37.8 Å². The number of hydrogen-bond acceptors (Lipinski definition) is 2. The standard InChI is InChI=1S/C15H23NO2/c1-5-6-13(4)16-15(17)10-18-14-8-7-11(2)9-12(14)3/h7-9,13H,5-6,10H2,1-4H3,(H,16,17)/t13-/m1/s1. The summed E-state index contributed by atoms with van der Waals surface area (Å²) < 4.78 is 5.52. The van der Waals surface area contributed by atoms with E-state index in [1.807, 2.05) is 39.0 Å². The summed E-state index contributed by atoms with van der Waals surface area (Å²) in [6.45, 7) is 8.22. The number of ether oxygens (including phenoxy) is 1. The minimum Gasteiger partial charge on any atom is -0.484 e. The van der Waals surface area contributed by atoms with Crippen LogP contribution in [0.15, 0.2) is 18.2 Å². The fraction of sp³-hybridized carbons (Fsp3) is 0.533. The molecule has 1 aromatic carbocycles. The highest BCUT2D eigenvalue weighted by Crippen LogP contribution is 2.18. The van der Waals surface area contributed by atoms with Crippen LogP contribution in [0, 0.1) is 13.8 Å². The van der Waals surface area contributed by atoms with Crippen molar-refractivity contribution >= 4 is 5.91 Å². The highest BCUT2D eigenvalue weighted by Gasteiger charge is 2.08. The smallest absolute Gasteiger partial charge is 0.258 e. The molecule has 3 heteroatoms. The summed E-state index contributed by atoms with van der Waals surface area (Å²) in [5.74, 6) is 0.717. The van der Waals surface area contributed by atoms with E-state index < -0.39 is 0 Å². The van der Waals surface area contributed by atoms with E-state index in [2.05, 4.69) is 12.2 Å². The van der Waals surface area contributed by atoms with Gasteiger partial charge >= 0.3 is 0 Å². The lowest BCUT2D eigenvalue weighted by atomic mass is 10.1. The molecule has 0 fully saturated rings. The maximum atomic E-state index is 11.6. The third kappa shape index (κ3) is 4.78. The number of benzene rings is 1. The van der Waals surface area contributed by atoms with Crippen LogP contribution in [0.3, 0.4) is 0 Å². The highest BCUT2D eigenvalue weighted by molar-refractivity contribution is 5.77. The van der Waals surface area contributed by atoms with Crippen molar-refractivity contribution < 1.29 is 9.53 Å². The average Bonchev–Trinajstić information content (AvgIpc) is 2.28. The van der Waals surface area contributed by atoms with Gasteiger partial charge in [0, 0.05) is 6.04 Å². The molecule has 0 aliphatic carbocycles. The van der Waals surface area contributed by atoms with E-state index in [9.17, 15) is 4.79 Å².